The van der Waals surface area contributed by atoms with Crippen LogP contribution in [0.5, 0.6) is 0 Å². The minimum Gasteiger partial charge on any atom is -0.481 e. The summed E-state index contributed by atoms with van der Waals surface area (Å²) in [5.74, 6) is -2.70. The van der Waals surface area contributed by atoms with Crippen molar-refractivity contribution in [1.82, 2.24) is 5.32 Å². The van der Waals surface area contributed by atoms with Crippen LogP contribution in [0.3, 0.4) is 0 Å². The number of carboxylic acid groups (broad SMARTS) is 1. The molecule has 0 bridgehead atoms. The molecular weight excluding hydrogens is 325 g/mol. The second-order valence-electron chi connectivity index (χ2n) is 6.48. The van der Waals surface area contributed by atoms with E-state index in [1.807, 2.05) is 6.92 Å². The lowest BCUT2D eigenvalue weighted by Crippen LogP contribution is -2.41. The maximum atomic E-state index is 13.0. The Kier molecular flexibility index (Phi) is 7.37. The molecule has 138 valence electrons. The van der Waals surface area contributed by atoms with Gasteiger partial charge in [-0.1, -0.05) is 38.3 Å². The van der Waals surface area contributed by atoms with Crippen LogP contribution in [0.15, 0.2) is 24.3 Å². The zero-order valence-corrected chi connectivity index (χ0v) is 14.5. The van der Waals surface area contributed by atoms with E-state index in [0.717, 1.165) is 25.7 Å². The Morgan fingerprint density at radius 2 is 1.88 bits per heavy atom. The molecule has 2 N–H and O–H groups in total. The Hall–Kier alpha value is -1.95. The van der Waals surface area contributed by atoms with Gasteiger partial charge in [0.25, 0.3) is 0 Å². The molecule has 0 radical (unpaired) electrons. The van der Waals surface area contributed by atoms with Gasteiger partial charge in [0.2, 0.25) is 5.91 Å². The van der Waals surface area contributed by atoms with E-state index in [1.54, 1.807) is 0 Å². The van der Waals surface area contributed by atoms with Gasteiger partial charge in [0, 0.05) is 6.54 Å². The van der Waals surface area contributed by atoms with Crippen LogP contribution in [0, 0.1) is 5.82 Å². The zero-order chi connectivity index (χ0) is 18.2. The van der Waals surface area contributed by atoms with Gasteiger partial charge in [-0.2, -0.15) is 0 Å². The van der Waals surface area contributed by atoms with Crippen LogP contribution in [0.25, 0.3) is 0 Å². The van der Waals surface area contributed by atoms with E-state index in [4.69, 9.17) is 4.74 Å². The maximum Gasteiger partial charge on any atom is 0.312 e. The Morgan fingerprint density at radius 1 is 1.24 bits per heavy atom. The number of nitrogens with one attached hydrogen (secondary N) is 1. The number of benzene rings is 1. The van der Waals surface area contributed by atoms with Crippen molar-refractivity contribution >= 4 is 11.9 Å². The van der Waals surface area contributed by atoms with Gasteiger partial charge in [0.1, 0.15) is 11.9 Å². The number of hydrogen-bond donors (Lipinski definition) is 2. The monoisotopic (exact) mass is 351 g/mol. The molecule has 1 saturated carbocycles. The van der Waals surface area contributed by atoms with Crippen LogP contribution in [0.4, 0.5) is 4.39 Å². The molecule has 0 aromatic heterocycles. The minimum atomic E-state index is -1.06. The van der Waals surface area contributed by atoms with Crippen molar-refractivity contribution in [3.8, 4) is 0 Å². The van der Waals surface area contributed by atoms with E-state index >= 15 is 0 Å². The average Bonchev–Trinajstić information content (AvgIpc) is 2.61. The first-order valence-corrected chi connectivity index (χ1v) is 8.92. The summed E-state index contributed by atoms with van der Waals surface area (Å²) in [6.45, 7) is 1.83. The molecule has 0 spiro atoms. The molecule has 1 amide bonds. The standard InChI is InChI=1S/C19H26FNO4/c1-2-17(25-15-6-4-3-5-7-15)18(22)21-12-16(19(23)24)13-8-10-14(20)11-9-13/h8-11,15-17H,2-7,12H2,1H3,(H,21,22)(H,23,24). The quantitative estimate of drug-likeness (QED) is 0.754. The highest BCUT2D eigenvalue weighted by Gasteiger charge is 2.26. The number of ether oxygens (including phenoxy) is 1. The third-order valence-corrected chi connectivity index (χ3v) is 4.62. The SMILES string of the molecule is CCC(OC1CCCCC1)C(=O)NCC(C(=O)O)c1ccc(F)cc1. The number of halogens is 1. The van der Waals surface area contributed by atoms with Crippen molar-refractivity contribution < 1.29 is 23.8 Å². The molecule has 2 rings (SSSR count). The first kappa shape index (κ1) is 19.4. The molecular formula is C19H26FNO4. The van der Waals surface area contributed by atoms with Crippen molar-refractivity contribution in [1.29, 1.82) is 0 Å². The van der Waals surface area contributed by atoms with E-state index < -0.39 is 23.8 Å². The second-order valence-corrected chi connectivity index (χ2v) is 6.48. The van der Waals surface area contributed by atoms with Crippen molar-refractivity contribution in [2.24, 2.45) is 0 Å². The number of hydrogen-bond acceptors (Lipinski definition) is 3. The van der Waals surface area contributed by atoms with E-state index in [2.05, 4.69) is 5.32 Å². The van der Waals surface area contributed by atoms with Gasteiger partial charge in [-0.3, -0.25) is 9.59 Å². The van der Waals surface area contributed by atoms with Crippen LogP contribution >= 0.6 is 0 Å². The van der Waals surface area contributed by atoms with Crippen LogP contribution < -0.4 is 5.32 Å². The third-order valence-electron chi connectivity index (χ3n) is 4.62. The van der Waals surface area contributed by atoms with E-state index in [-0.39, 0.29) is 18.6 Å². The highest BCUT2D eigenvalue weighted by molar-refractivity contribution is 5.82. The van der Waals surface area contributed by atoms with Crippen LogP contribution in [-0.4, -0.2) is 35.7 Å². The molecule has 6 heteroatoms. The summed E-state index contributed by atoms with van der Waals surface area (Å²) in [5.41, 5.74) is 0.454. The number of rotatable bonds is 8. The molecule has 0 aliphatic heterocycles. The molecule has 5 nitrogen and oxygen atoms in total. The average molecular weight is 351 g/mol. The lowest BCUT2D eigenvalue weighted by molar-refractivity contribution is -0.140. The lowest BCUT2D eigenvalue weighted by atomic mass is 9.97. The van der Waals surface area contributed by atoms with Crippen LogP contribution in [-0.2, 0) is 14.3 Å². The maximum absolute atomic E-state index is 13.0. The summed E-state index contributed by atoms with van der Waals surface area (Å²) >= 11 is 0. The Labute approximate surface area is 147 Å². The van der Waals surface area contributed by atoms with Gasteiger partial charge < -0.3 is 15.2 Å². The molecule has 2 atom stereocenters. The Morgan fingerprint density at radius 3 is 2.44 bits per heavy atom. The highest BCUT2D eigenvalue weighted by atomic mass is 19.1. The van der Waals surface area contributed by atoms with Crippen molar-refractivity contribution in [3.05, 3.63) is 35.6 Å². The lowest BCUT2D eigenvalue weighted by Gasteiger charge is -2.27. The smallest absolute Gasteiger partial charge is 0.312 e. The van der Waals surface area contributed by atoms with E-state index in [1.165, 1.54) is 30.7 Å². The molecule has 1 aliphatic carbocycles. The van der Waals surface area contributed by atoms with Gasteiger partial charge in [-0.05, 0) is 37.0 Å². The Bertz CT molecular complexity index is 569. The number of carboxylic acids is 1. The fraction of sp³-hybridized carbons (Fsp3) is 0.579. The van der Waals surface area contributed by atoms with Crippen molar-refractivity contribution in [3.63, 3.8) is 0 Å². The number of carbonyl (C=O) groups excluding carboxylic acids is 1. The van der Waals surface area contributed by atoms with Gasteiger partial charge in [0.05, 0.1) is 12.0 Å². The fourth-order valence-corrected chi connectivity index (χ4v) is 3.14. The summed E-state index contributed by atoms with van der Waals surface area (Å²) in [5, 5.41) is 12.1. The highest BCUT2D eigenvalue weighted by Crippen LogP contribution is 2.22. The molecule has 0 saturated heterocycles. The molecule has 1 aliphatic rings. The first-order valence-electron chi connectivity index (χ1n) is 8.92. The summed E-state index contributed by atoms with van der Waals surface area (Å²) < 4.78 is 18.9. The summed E-state index contributed by atoms with van der Waals surface area (Å²) in [6, 6.07) is 5.29. The van der Waals surface area contributed by atoms with E-state index in [9.17, 15) is 19.1 Å². The minimum absolute atomic E-state index is 0.0513. The molecule has 1 aromatic carbocycles. The molecule has 0 heterocycles. The first-order chi connectivity index (χ1) is 12.0. The number of carbonyl (C=O) groups is 2. The normalized spacial score (nSPS) is 17.7. The van der Waals surface area contributed by atoms with E-state index in [0.29, 0.717) is 12.0 Å². The van der Waals surface area contributed by atoms with Crippen LogP contribution in [0.2, 0.25) is 0 Å². The van der Waals surface area contributed by atoms with Crippen molar-refractivity contribution in [2.45, 2.75) is 63.6 Å². The third kappa shape index (κ3) is 5.81. The summed E-state index contributed by atoms with van der Waals surface area (Å²) in [6.07, 6.45) is 5.47. The largest absolute Gasteiger partial charge is 0.481 e. The van der Waals surface area contributed by atoms with Gasteiger partial charge in [-0.15, -0.1) is 0 Å². The predicted octanol–water partition coefficient (Wildman–Crippen LogP) is 3.24. The Balaban J connectivity index is 1.92. The van der Waals surface area contributed by atoms with Crippen LogP contribution in [0.1, 0.15) is 56.9 Å². The van der Waals surface area contributed by atoms with Crippen molar-refractivity contribution in [2.75, 3.05) is 6.54 Å². The van der Waals surface area contributed by atoms with Gasteiger partial charge in [0.15, 0.2) is 0 Å². The molecule has 1 fully saturated rings. The summed E-state index contributed by atoms with van der Waals surface area (Å²) in [7, 11) is 0. The molecule has 25 heavy (non-hydrogen) atoms. The zero-order valence-electron chi connectivity index (χ0n) is 14.5. The predicted molar refractivity (Wildman–Crippen MR) is 91.8 cm³/mol. The topological polar surface area (TPSA) is 75.6 Å². The van der Waals surface area contributed by atoms with Gasteiger partial charge in [-0.25, -0.2) is 4.39 Å². The fourth-order valence-electron chi connectivity index (χ4n) is 3.14. The second kappa shape index (κ2) is 9.51. The number of amides is 1. The van der Waals surface area contributed by atoms with Gasteiger partial charge >= 0.3 is 5.97 Å². The summed E-state index contributed by atoms with van der Waals surface area (Å²) in [4.78, 5) is 23.8. The number of aliphatic carboxylic acids is 1. The molecule has 2 unspecified atom stereocenters. The molecule has 1 aromatic rings.